The average Bonchev–Trinajstić information content (AvgIpc) is 2.47. The topological polar surface area (TPSA) is 41.9 Å². The van der Waals surface area contributed by atoms with Gasteiger partial charge in [0.15, 0.2) is 0 Å². The van der Waals surface area contributed by atoms with E-state index in [0.29, 0.717) is 0 Å². The molecule has 1 aromatic carbocycles. The largest absolute Gasteiger partial charge is 0.496 e. The van der Waals surface area contributed by atoms with Crippen LogP contribution in [0.3, 0.4) is 0 Å². The summed E-state index contributed by atoms with van der Waals surface area (Å²) in [6.07, 6.45) is 0. The zero-order valence-electron chi connectivity index (χ0n) is 13.0. The molecule has 1 aliphatic heterocycles. The molecule has 114 valence electrons. The Labute approximate surface area is 126 Å². The molecule has 2 rings (SSSR count). The summed E-state index contributed by atoms with van der Waals surface area (Å²) in [6, 6.07) is 5.88. The van der Waals surface area contributed by atoms with E-state index >= 15 is 0 Å². The number of hydrogen-bond acceptors (Lipinski definition) is 4. The second-order valence-electron chi connectivity index (χ2n) is 5.77. The van der Waals surface area contributed by atoms with Crippen LogP contribution < -0.4 is 4.74 Å². The fourth-order valence-electron chi connectivity index (χ4n) is 2.51. The van der Waals surface area contributed by atoms with Gasteiger partial charge in [-0.1, -0.05) is 11.8 Å². The van der Waals surface area contributed by atoms with Gasteiger partial charge < -0.3 is 14.6 Å². The van der Waals surface area contributed by atoms with Crippen LogP contribution in [0.15, 0.2) is 18.2 Å². The van der Waals surface area contributed by atoms with Gasteiger partial charge in [0.05, 0.1) is 20.3 Å². The molecule has 1 saturated heterocycles. The molecular formula is C17H23NO3. The molecule has 1 aliphatic rings. The van der Waals surface area contributed by atoms with Crippen LogP contribution in [-0.4, -0.2) is 49.0 Å². The van der Waals surface area contributed by atoms with E-state index in [0.717, 1.165) is 43.2 Å². The highest BCUT2D eigenvalue weighted by atomic mass is 16.5. The highest BCUT2D eigenvalue weighted by Gasteiger charge is 2.30. The van der Waals surface area contributed by atoms with Crippen LogP contribution in [-0.2, 0) is 11.3 Å². The van der Waals surface area contributed by atoms with Gasteiger partial charge in [-0.3, -0.25) is 4.90 Å². The lowest BCUT2D eigenvalue weighted by atomic mass is 10.0. The maximum absolute atomic E-state index is 8.81. The van der Waals surface area contributed by atoms with Crippen LogP contribution in [0.5, 0.6) is 5.75 Å². The van der Waals surface area contributed by atoms with E-state index in [1.165, 1.54) is 0 Å². The number of benzene rings is 1. The highest BCUT2D eigenvalue weighted by Crippen LogP contribution is 2.26. The molecule has 0 amide bonds. The van der Waals surface area contributed by atoms with Gasteiger partial charge in [0.25, 0.3) is 0 Å². The van der Waals surface area contributed by atoms with Crippen molar-refractivity contribution in [2.75, 3.05) is 33.5 Å². The van der Waals surface area contributed by atoms with E-state index < -0.39 is 0 Å². The third kappa shape index (κ3) is 3.98. The van der Waals surface area contributed by atoms with E-state index in [9.17, 15) is 0 Å². The zero-order valence-corrected chi connectivity index (χ0v) is 13.0. The Morgan fingerprint density at radius 1 is 1.43 bits per heavy atom. The molecule has 1 N–H and O–H groups in total. The number of ether oxygens (including phenoxy) is 2. The predicted octanol–water partition coefficient (Wildman–Crippen LogP) is 1.65. The molecule has 0 radical (unpaired) electrons. The van der Waals surface area contributed by atoms with Crippen molar-refractivity contribution in [2.24, 2.45) is 0 Å². The van der Waals surface area contributed by atoms with Crippen molar-refractivity contribution in [2.45, 2.75) is 25.9 Å². The number of aliphatic hydroxyl groups is 1. The first-order chi connectivity index (χ1) is 10.1. The molecule has 1 fully saturated rings. The van der Waals surface area contributed by atoms with Gasteiger partial charge in [0, 0.05) is 29.8 Å². The number of rotatable bonds is 3. The summed E-state index contributed by atoms with van der Waals surface area (Å²) in [4.78, 5) is 2.40. The summed E-state index contributed by atoms with van der Waals surface area (Å²) >= 11 is 0. The molecule has 4 nitrogen and oxygen atoms in total. The van der Waals surface area contributed by atoms with Crippen molar-refractivity contribution in [1.29, 1.82) is 0 Å². The zero-order chi connectivity index (χ0) is 15.3. The molecule has 21 heavy (non-hydrogen) atoms. The Hall–Kier alpha value is -1.54. The lowest BCUT2D eigenvalue weighted by molar-refractivity contribution is -0.0554. The Morgan fingerprint density at radius 3 is 2.90 bits per heavy atom. The number of methoxy groups -OCH3 is 1. The highest BCUT2D eigenvalue weighted by molar-refractivity contribution is 5.44. The van der Waals surface area contributed by atoms with Crippen molar-refractivity contribution in [1.82, 2.24) is 4.90 Å². The molecule has 0 atom stereocenters. The van der Waals surface area contributed by atoms with Gasteiger partial charge >= 0.3 is 0 Å². The van der Waals surface area contributed by atoms with Crippen LogP contribution in [0, 0.1) is 11.8 Å². The maximum atomic E-state index is 8.81. The van der Waals surface area contributed by atoms with E-state index in [4.69, 9.17) is 14.6 Å². The Morgan fingerprint density at radius 2 is 2.24 bits per heavy atom. The second-order valence-corrected chi connectivity index (χ2v) is 5.77. The van der Waals surface area contributed by atoms with Crippen LogP contribution in [0.1, 0.15) is 25.0 Å². The van der Waals surface area contributed by atoms with Crippen molar-refractivity contribution in [3.05, 3.63) is 29.3 Å². The Balaban J connectivity index is 2.24. The SMILES string of the molecule is COc1ccc(C#CCO)cc1CN1CCOCC1(C)C. The molecule has 0 saturated carbocycles. The van der Waals surface area contributed by atoms with E-state index in [1.807, 2.05) is 18.2 Å². The minimum Gasteiger partial charge on any atom is -0.496 e. The normalized spacial score (nSPS) is 17.9. The minimum absolute atomic E-state index is 0.00996. The maximum Gasteiger partial charge on any atom is 0.123 e. The van der Waals surface area contributed by atoms with Crippen LogP contribution in [0.25, 0.3) is 0 Å². The summed E-state index contributed by atoms with van der Waals surface area (Å²) < 4.78 is 11.0. The van der Waals surface area contributed by atoms with Gasteiger partial charge in [-0.25, -0.2) is 0 Å². The van der Waals surface area contributed by atoms with Crippen molar-refractivity contribution < 1.29 is 14.6 Å². The summed E-state index contributed by atoms with van der Waals surface area (Å²) in [7, 11) is 1.68. The van der Waals surface area contributed by atoms with Gasteiger partial charge in [-0.05, 0) is 32.0 Å². The molecule has 0 aliphatic carbocycles. The summed E-state index contributed by atoms with van der Waals surface area (Å²) in [5.74, 6) is 6.49. The van der Waals surface area contributed by atoms with Crippen LogP contribution in [0.4, 0.5) is 0 Å². The first-order valence-electron chi connectivity index (χ1n) is 7.16. The number of nitrogens with zero attached hydrogens (tertiary/aromatic N) is 1. The van der Waals surface area contributed by atoms with Crippen molar-refractivity contribution >= 4 is 0 Å². The molecule has 1 heterocycles. The fraction of sp³-hybridized carbons (Fsp3) is 0.529. The van der Waals surface area contributed by atoms with E-state index in [-0.39, 0.29) is 12.1 Å². The molecular weight excluding hydrogens is 266 g/mol. The van der Waals surface area contributed by atoms with Crippen molar-refractivity contribution in [3.63, 3.8) is 0 Å². The smallest absolute Gasteiger partial charge is 0.123 e. The van der Waals surface area contributed by atoms with Gasteiger partial charge in [0.2, 0.25) is 0 Å². The quantitative estimate of drug-likeness (QED) is 0.859. The average molecular weight is 289 g/mol. The molecule has 0 aromatic heterocycles. The van der Waals surface area contributed by atoms with Gasteiger partial charge in [-0.2, -0.15) is 0 Å². The Kier molecular flexibility index (Phi) is 5.24. The second kappa shape index (κ2) is 6.95. The predicted molar refractivity (Wildman–Crippen MR) is 82.3 cm³/mol. The fourth-order valence-corrected chi connectivity index (χ4v) is 2.51. The number of hydrogen-bond donors (Lipinski definition) is 1. The number of morpholine rings is 1. The molecule has 0 spiro atoms. The molecule has 0 unspecified atom stereocenters. The summed E-state index contributed by atoms with van der Waals surface area (Å²) in [5, 5.41) is 8.81. The Bertz CT molecular complexity index is 543. The van der Waals surface area contributed by atoms with Gasteiger partial charge in [-0.15, -0.1) is 0 Å². The first kappa shape index (κ1) is 15.8. The summed E-state index contributed by atoms with van der Waals surface area (Å²) in [6.45, 7) is 7.45. The standard InChI is InChI=1S/C17H23NO3/c1-17(2)13-21-10-8-18(17)12-15-11-14(5-4-9-19)6-7-16(15)20-3/h6-7,11,19H,8-10,12-13H2,1-3H3. The van der Waals surface area contributed by atoms with E-state index in [2.05, 4.69) is 30.6 Å². The molecule has 1 aromatic rings. The lowest BCUT2D eigenvalue weighted by Gasteiger charge is -2.42. The van der Waals surface area contributed by atoms with Crippen LogP contribution >= 0.6 is 0 Å². The minimum atomic E-state index is -0.127. The van der Waals surface area contributed by atoms with E-state index in [1.54, 1.807) is 7.11 Å². The monoisotopic (exact) mass is 289 g/mol. The summed E-state index contributed by atoms with van der Waals surface area (Å²) in [5.41, 5.74) is 2.01. The van der Waals surface area contributed by atoms with Crippen molar-refractivity contribution in [3.8, 4) is 17.6 Å². The lowest BCUT2D eigenvalue weighted by Crippen LogP contribution is -2.52. The number of aliphatic hydroxyl groups excluding tert-OH is 1. The first-order valence-corrected chi connectivity index (χ1v) is 7.16. The molecule has 0 bridgehead atoms. The van der Waals surface area contributed by atoms with Crippen LogP contribution in [0.2, 0.25) is 0 Å². The third-order valence-corrected chi connectivity index (χ3v) is 3.77. The van der Waals surface area contributed by atoms with Gasteiger partial charge in [0.1, 0.15) is 12.4 Å². The molecule has 4 heteroatoms. The third-order valence-electron chi connectivity index (χ3n) is 3.77.